The Morgan fingerprint density at radius 2 is 1.31 bits per heavy atom. The van der Waals surface area contributed by atoms with Crippen molar-refractivity contribution in [1.29, 1.82) is 0 Å². The van der Waals surface area contributed by atoms with E-state index in [1.54, 1.807) is 12.1 Å². The van der Waals surface area contributed by atoms with Gasteiger partial charge in [-0.1, -0.05) is 105 Å². The van der Waals surface area contributed by atoms with Crippen molar-refractivity contribution in [3.63, 3.8) is 0 Å². The average molecular weight is 616 g/mol. The first-order chi connectivity index (χ1) is 21.6. The molecule has 1 N–H and O–H groups in total. The number of alkyl carbamates (subject to hydrolysis) is 1. The van der Waals surface area contributed by atoms with E-state index >= 15 is 0 Å². The van der Waals surface area contributed by atoms with Crippen molar-refractivity contribution in [2.75, 3.05) is 0 Å². The molecule has 0 aliphatic carbocycles. The van der Waals surface area contributed by atoms with Gasteiger partial charge >= 0.3 is 18.0 Å². The largest absolute Gasteiger partial charge is 0.467 e. The van der Waals surface area contributed by atoms with E-state index in [2.05, 4.69) is 18.3 Å². The van der Waals surface area contributed by atoms with E-state index in [-0.39, 0.29) is 19.3 Å². The molecule has 0 saturated carbocycles. The Hall–Kier alpha value is -4.59. The van der Waals surface area contributed by atoms with Gasteiger partial charge in [0.25, 0.3) is 6.10 Å². The maximum Gasteiger partial charge on any atom is 0.408 e. The number of benzene rings is 3. The summed E-state index contributed by atoms with van der Waals surface area (Å²) in [4.78, 5) is 38.6. The summed E-state index contributed by atoms with van der Waals surface area (Å²) >= 11 is 0. The maximum atomic E-state index is 13.0. The molecule has 0 fully saturated rings. The van der Waals surface area contributed by atoms with Gasteiger partial charge in [-0.15, -0.1) is 0 Å². The Kier molecular flexibility index (Phi) is 14.2. The SMILES string of the molecule is CCCCC/C=C\C(Cc1ccc(OC(C(=O)OCc2ccccc2)C(=O)OCc2ccccc2)cc1)NC(=O)OC(C)(C)C. The van der Waals surface area contributed by atoms with Crippen LogP contribution in [0.3, 0.4) is 0 Å². The molecule has 0 heterocycles. The highest BCUT2D eigenvalue weighted by Gasteiger charge is 2.32. The van der Waals surface area contributed by atoms with Gasteiger partial charge in [-0.25, -0.2) is 14.4 Å². The zero-order chi connectivity index (χ0) is 32.5. The van der Waals surface area contributed by atoms with E-state index in [4.69, 9.17) is 18.9 Å². The van der Waals surface area contributed by atoms with Crippen molar-refractivity contribution in [3.05, 3.63) is 114 Å². The number of esters is 2. The fourth-order valence-corrected chi connectivity index (χ4v) is 4.29. The minimum absolute atomic E-state index is 0.0115. The standard InChI is InChI=1S/C37H45NO7/c1-5-6-7-8-15-20-31(38-36(41)45-37(2,3)4)25-28-21-23-32(24-22-28)44-33(34(39)42-26-29-16-11-9-12-17-29)35(40)43-27-30-18-13-10-14-19-30/h9-24,31,33H,5-8,25-27H2,1-4H3,(H,38,41)/b20-15-. The van der Waals surface area contributed by atoms with E-state index in [1.807, 2.05) is 99.6 Å². The van der Waals surface area contributed by atoms with Gasteiger partial charge in [0.2, 0.25) is 0 Å². The molecule has 0 spiro atoms. The van der Waals surface area contributed by atoms with Crippen molar-refractivity contribution in [2.24, 2.45) is 0 Å². The van der Waals surface area contributed by atoms with Crippen LogP contribution in [0.1, 0.15) is 70.1 Å². The maximum absolute atomic E-state index is 13.0. The van der Waals surface area contributed by atoms with Crippen molar-refractivity contribution in [1.82, 2.24) is 5.32 Å². The van der Waals surface area contributed by atoms with E-state index in [0.29, 0.717) is 12.2 Å². The minimum Gasteiger partial charge on any atom is -0.467 e. The predicted molar refractivity (Wildman–Crippen MR) is 173 cm³/mol. The zero-order valence-corrected chi connectivity index (χ0v) is 26.7. The number of unbranched alkanes of at least 4 members (excludes halogenated alkanes) is 3. The molecule has 8 nitrogen and oxygen atoms in total. The van der Waals surface area contributed by atoms with Crippen LogP contribution in [0, 0.1) is 0 Å². The normalized spacial score (nSPS) is 12.0. The fraction of sp³-hybridized carbons (Fsp3) is 0.378. The molecule has 240 valence electrons. The van der Waals surface area contributed by atoms with Crippen LogP contribution in [0.25, 0.3) is 0 Å². The molecule has 0 bridgehead atoms. The summed E-state index contributed by atoms with van der Waals surface area (Å²) in [6.45, 7) is 7.60. The molecule has 0 aliphatic heterocycles. The topological polar surface area (TPSA) is 100 Å². The lowest BCUT2D eigenvalue weighted by atomic mass is 10.0. The highest BCUT2D eigenvalue weighted by Crippen LogP contribution is 2.18. The number of nitrogens with one attached hydrogen (secondary N) is 1. The van der Waals surface area contributed by atoms with Gasteiger partial charge in [-0.05, 0) is 68.9 Å². The first-order valence-corrected chi connectivity index (χ1v) is 15.5. The molecular weight excluding hydrogens is 570 g/mol. The molecule has 0 saturated heterocycles. The summed E-state index contributed by atoms with van der Waals surface area (Å²) in [6.07, 6.45) is 6.77. The number of ether oxygens (including phenoxy) is 4. The third-order valence-electron chi connectivity index (χ3n) is 6.55. The first kappa shape index (κ1) is 34.9. The summed E-state index contributed by atoms with van der Waals surface area (Å²) in [7, 11) is 0. The van der Waals surface area contributed by atoms with Crippen molar-refractivity contribution in [3.8, 4) is 5.75 Å². The van der Waals surface area contributed by atoms with Gasteiger partial charge in [0, 0.05) is 0 Å². The monoisotopic (exact) mass is 615 g/mol. The van der Waals surface area contributed by atoms with E-state index < -0.39 is 29.7 Å². The van der Waals surface area contributed by atoms with Crippen LogP contribution in [0.5, 0.6) is 5.75 Å². The summed E-state index contributed by atoms with van der Waals surface area (Å²) in [5.74, 6) is -1.41. The molecular formula is C37H45NO7. The van der Waals surface area contributed by atoms with E-state index in [1.165, 1.54) is 0 Å². The lowest BCUT2D eigenvalue weighted by Crippen LogP contribution is -2.39. The lowest BCUT2D eigenvalue weighted by Gasteiger charge is -2.22. The van der Waals surface area contributed by atoms with Gasteiger partial charge < -0.3 is 24.3 Å². The smallest absolute Gasteiger partial charge is 0.408 e. The molecule has 45 heavy (non-hydrogen) atoms. The predicted octanol–water partition coefficient (Wildman–Crippen LogP) is 7.49. The second-order valence-corrected chi connectivity index (χ2v) is 11.7. The number of hydrogen-bond donors (Lipinski definition) is 1. The molecule has 8 heteroatoms. The average Bonchev–Trinajstić information content (AvgIpc) is 3.02. The Balaban J connectivity index is 1.69. The van der Waals surface area contributed by atoms with Crippen LogP contribution in [-0.4, -0.2) is 35.8 Å². The number of carbonyl (C=O) groups is 3. The fourth-order valence-electron chi connectivity index (χ4n) is 4.29. The number of rotatable bonds is 16. The van der Waals surface area contributed by atoms with Gasteiger partial charge in [0.05, 0.1) is 6.04 Å². The van der Waals surface area contributed by atoms with Crippen LogP contribution < -0.4 is 10.1 Å². The molecule has 1 unspecified atom stereocenters. The number of allylic oxidation sites excluding steroid dienone is 1. The first-order valence-electron chi connectivity index (χ1n) is 15.5. The molecule has 0 radical (unpaired) electrons. The minimum atomic E-state index is -1.61. The van der Waals surface area contributed by atoms with E-state index in [9.17, 15) is 14.4 Å². The summed E-state index contributed by atoms with van der Waals surface area (Å²) < 4.78 is 22.1. The van der Waals surface area contributed by atoms with Gasteiger partial charge in [0.15, 0.2) is 0 Å². The lowest BCUT2D eigenvalue weighted by molar-refractivity contribution is -0.168. The van der Waals surface area contributed by atoms with Crippen LogP contribution in [0.15, 0.2) is 97.1 Å². The molecule has 3 aromatic carbocycles. The molecule has 0 aliphatic rings. The second-order valence-electron chi connectivity index (χ2n) is 11.7. The Labute approximate surface area is 266 Å². The number of hydrogen-bond acceptors (Lipinski definition) is 7. The Bertz CT molecular complexity index is 1290. The highest BCUT2D eigenvalue weighted by atomic mass is 16.6. The van der Waals surface area contributed by atoms with E-state index in [0.717, 1.165) is 42.4 Å². The van der Waals surface area contributed by atoms with Crippen molar-refractivity contribution < 1.29 is 33.3 Å². The Morgan fingerprint density at radius 1 is 0.756 bits per heavy atom. The van der Waals surface area contributed by atoms with Crippen molar-refractivity contribution in [2.45, 2.75) is 90.8 Å². The summed E-state index contributed by atoms with van der Waals surface area (Å²) in [5, 5.41) is 2.94. The van der Waals surface area contributed by atoms with Gasteiger partial charge in [-0.2, -0.15) is 0 Å². The second kappa shape index (κ2) is 18.3. The zero-order valence-electron chi connectivity index (χ0n) is 26.7. The Morgan fingerprint density at radius 3 is 1.82 bits per heavy atom. The quantitative estimate of drug-likeness (QED) is 0.0586. The van der Waals surface area contributed by atoms with Crippen LogP contribution in [-0.2, 0) is 43.4 Å². The third-order valence-corrected chi connectivity index (χ3v) is 6.55. The molecule has 1 atom stereocenters. The molecule has 3 rings (SSSR count). The number of carbonyl (C=O) groups excluding carboxylic acids is 3. The van der Waals surface area contributed by atoms with Crippen LogP contribution in [0.2, 0.25) is 0 Å². The van der Waals surface area contributed by atoms with Gasteiger partial charge in [0.1, 0.15) is 24.6 Å². The summed E-state index contributed by atoms with van der Waals surface area (Å²) in [6, 6.07) is 25.1. The van der Waals surface area contributed by atoms with Crippen LogP contribution in [0.4, 0.5) is 4.79 Å². The number of amides is 1. The van der Waals surface area contributed by atoms with Crippen LogP contribution >= 0.6 is 0 Å². The highest BCUT2D eigenvalue weighted by molar-refractivity contribution is 5.98. The summed E-state index contributed by atoms with van der Waals surface area (Å²) in [5.41, 5.74) is 1.86. The third kappa shape index (κ3) is 13.7. The van der Waals surface area contributed by atoms with Crippen molar-refractivity contribution >= 4 is 18.0 Å². The molecule has 1 amide bonds. The van der Waals surface area contributed by atoms with Gasteiger partial charge in [-0.3, -0.25) is 0 Å². The molecule has 3 aromatic rings. The molecule has 0 aromatic heterocycles.